The van der Waals surface area contributed by atoms with Crippen molar-refractivity contribution in [1.82, 2.24) is 4.72 Å². The Morgan fingerprint density at radius 3 is 2.42 bits per heavy atom. The highest BCUT2D eigenvalue weighted by Crippen LogP contribution is 2.19. The number of ether oxygens (including phenoxy) is 2. The van der Waals surface area contributed by atoms with E-state index in [0.717, 1.165) is 50.3 Å². The molecule has 0 aliphatic carbocycles. The van der Waals surface area contributed by atoms with Crippen LogP contribution in [0, 0.1) is 0 Å². The van der Waals surface area contributed by atoms with Gasteiger partial charge in [-0.1, -0.05) is 6.42 Å². The predicted molar refractivity (Wildman–Crippen MR) is 105 cm³/mol. The van der Waals surface area contributed by atoms with Crippen LogP contribution in [0.15, 0.2) is 24.3 Å². The molecule has 0 amide bonds. The van der Waals surface area contributed by atoms with Gasteiger partial charge in [-0.05, 0) is 57.9 Å². The quantitative estimate of drug-likeness (QED) is 0.606. The molecule has 1 atom stereocenters. The number of anilines is 1. The van der Waals surface area contributed by atoms with Crippen molar-refractivity contribution in [1.29, 1.82) is 0 Å². The van der Waals surface area contributed by atoms with E-state index in [-0.39, 0.29) is 6.10 Å². The van der Waals surface area contributed by atoms with Crippen LogP contribution >= 0.6 is 0 Å². The van der Waals surface area contributed by atoms with Gasteiger partial charge >= 0.3 is 0 Å². The maximum Gasteiger partial charge on any atom is 0.216 e. The largest absolute Gasteiger partial charge is 0.488 e. The Labute approximate surface area is 157 Å². The van der Waals surface area contributed by atoms with E-state index in [1.807, 2.05) is 24.3 Å². The topological polar surface area (TPSA) is 76.7 Å². The van der Waals surface area contributed by atoms with Gasteiger partial charge in [0.25, 0.3) is 0 Å². The minimum absolute atomic E-state index is 0.171. The Morgan fingerprint density at radius 2 is 1.81 bits per heavy atom. The van der Waals surface area contributed by atoms with Gasteiger partial charge in [0.05, 0.1) is 18.0 Å². The van der Waals surface area contributed by atoms with E-state index in [2.05, 4.69) is 10.0 Å². The lowest BCUT2D eigenvalue weighted by Crippen LogP contribution is -2.39. The zero-order chi connectivity index (χ0) is 19.0. The second-order valence-electron chi connectivity index (χ2n) is 7.63. The van der Waals surface area contributed by atoms with Crippen LogP contribution in [0.4, 0.5) is 5.69 Å². The molecule has 0 saturated carbocycles. The molecular formula is C19H32N2O4S. The smallest absolute Gasteiger partial charge is 0.216 e. The third kappa shape index (κ3) is 6.78. The normalized spacial score (nSPS) is 18.0. The lowest BCUT2D eigenvalue weighted by atomic mass is 10.2. The van der Waals surface area contributed by atoms with E-state index in [1.165, 1.54) is 0 Å². The van der Waals surface area contributed by atoms with Crippen molar-refractivity contribution in [3.05, 3.63) is 24.3 Å². The number of hydrogen-bond acceptors (Lipinski definition) is 5. The van der Waals surface area contributed by atoms with E-state index < -0.39 is 14.8 Å². The number of nitrogens with one attached hydrogen (secondary N) is 2. The Bertz CT molecular complexity index is 632. The standard InChI is InChI=1S/C19H32N2O4S/c1-19(2,3)26(22,23)21-13-6-4-5-12-20-16-7-9-17(10-8-16)25-18-11-14-24-15-18/h7-10,18,20-21H,4-6,11-15H2,1-3H3. The SMILES string of the molecule is CC(C)(C)S(=O)(=O)NCCCCCNc1ccc(OC2CCOC2)cc1. The summed E-state index contributed by atoms with van der Waals surface area (Å²) in [7, 11) is -3.23. The minimum atomic E-state index is -3.23. The maximum absolute atomic E-state index is 11.9. The zero-order valence-electron chi connectivity index (χ0n) is 16.1. The van der Waals surface area contributed by atoms with Gasteiger partial charge in [0.1, 0.15) is 11.9 Å². The van der Waals surface area contributed by atoms with Crippen LogP contribution in [0.5, 0.6) is 5.75 Å². The molecule has 2 rings (SSSR count). The molecule has 1 aromatic rings. The molecule has 0 aromatic heterocycles. The monoisotopic (exact) mass is 384 g/mol. The number of hydrogen-bond donors (Lipinski definition) is 2. The van der Waals surface area contributed by atoms with Crippen molar-refractivity contribution >= 4 is 15.7 Å². The van der Waals surface area contributed by atoms with Crippen LogP contribution < -0.4 is 14.8 Å². The molecule has 0 radical (unpaired) electrons. The van der Waals surface area contributed by atoms with E-state index in [9.17, 15) is 8.42 Å². The molecule has 1 heterocycles. The molecule has 1 aliphatic rings. The summed E-state index contributed by atoms with van der Waals surface area (Å²) in [5.74, 6) is 0.872. The number of unbranched alkanes of at least 4 members (excludes halogenated alkanes) is 2. The van der Waals surface area contributed by atoms with Crippen LogP contribution in [-0.2, 0) is 14.8 Å². The summed E-state index contributed by atoms with van der Waals surface area (Å²) in [5.41, 5.74) is 1.06. The second kappa shape index (κ2) is 9.58. The molecule has 6 nitrogen and oxygen atoms in total. The zero-order valence-corrected chi connectivity index (χ0v) is 16.9. The average Bonchev–Trinajstić information content (AvgIpc) is 3.07. The number of rotatable bonds is 10. The fourth-order valence-corrected chi connectivity index (χ4v) is 3.38. The molecule has 1 saturated heterocycles. The Balaban J connectivity index is 1.57. The molecule has 1 aliphatic heterocycles. The first-order valence-corrected chi connectivity index (χ1v) is 10.8. The summed E-state index contributed by atoms with van der Waals surface area (Å²) >= 11 is 0. The van der Waals surface area contributed by atoms with E-state index in [4.69, 9.17) is 9.47 Å². The molecule has 1 unspecified atom stereocenters. The summed E-state index contributed by atoms with van der Waals surface area (Å²) in [5, 5.41) is 3.38. The lowest BCUT2D eigenvalue weighted by Gasteiger charge is -2.19. The highest BCUT2D eigenvalue weighted by molar-refractivity contribution is 7.90. The minimum Gasteiger partial charge on any atom is -0.488 e. The lowest BCUT2D eigenvalue weighted by molar-refractivity contribution is 0.141. The molecule has 26 heavy (non-hydrogen) atoms. The first-order chi connectivity index (χ1) is 12.3. The van der Waals surface area contributed by atoms with Gasteiger partial charge in [0, 0.05) is 25.2 Å². The fourth-order valence-electron chi connectivity index (χ4n) is 2.53. The van der Waals surface area contributed by atoms with Crippen molar-refractivity contribution < 1.29 is 17.9 Å². The van der Waals surface area contributed by atoms with Crippen LogP contribution in [0.1, 0.15) is 46.5 Å². The summed E-state index contributed by atoms with van der Waals surface area (Å²) in [4.78, 5) is 0. The first kappa shape index (κ1) is 21.0. The fraction of sp³-hybridized carbons (Fsp3) is 0.684. The molecule has 1 aromatic carbocycles. The Hall–Kier alpha value is -1.31. The third-order valence-corrected chi connectivity index (χ3v) is 6.52. The van der Waals surface area contributed by atoms with Gasteiger partial charge in [-0.25, -0.2) is 13.1 Å². The van der Waals surface area contributed by atoms with Crippen LogP contribution in [-0.4, -0.2) is 45.6 Å². The summed E-state index contributed by atoms with van der Waals surface area (Å²) in [6, 6.07) is 7.98. The van der Waals surface area contributed by atoms with Gasteiger partial charge in [0.2, 0.25) is 10.0 Å². The van der Waals surface area contributed by atoms with Crippen LogP contribution in [0.25, 0.3) is 0 Å². The van der Waals surface area contributed by atoms with Crippen molar-refractivity contribution in [3.63, 3.8) is 0 Å². The van der Waals surface area contributed by atoms with Crippen molar-refractivity contribution in [2.45, 2.75) is 57.3 Å². The highest BCUT2D eigenvalue weighted by atomic mass is 32.2. The Morgan fingerprint density at radius 1 is 1.12 bits per heavy atom. The molecule has 7 heteroatoms. The Kier molecular flexibility index (Phi) is 7.73. The second-order valence-corrected chi connectivity index (χ2v) is 10.1. The maximum atomic E-state index is 11.9. The van der Waals surface area contributed by atoms with Crippen molar-refractivity contribution in [2.24, 2.45) is 0 Å². The van der Waals surface area contributed by atoms with Gasteiger partial charge in [-0.2, -0.15) is 0 Å². The summed E-state index contributed by atoms with van der Waals surface area (Å²) in [6.45, 7) is 7.93. The molecule has 0 spiro atoms. The molecular weight excluding hydrogens is 352 g/mol. The number of benzene rings is 1. The van der Waals surface area contributed by atoms with Gasteiger partial charge < -0.3 is 14.8 Å². The molecule has 1 fully saturated rings. The van der Waals surface area contributed by atoms with E-state index in [0.29, 0.717) is 13.2 Å². The van der Waals surface area contributed by atoms with E-state index >= 15 is 0 Å². The highest BCUT2D eigenvalue weighted by Gasteiger charge is 2.27. The van der Waals surface area contributed by atoms with Gasteiger partial charge in [0.15, 0.2) is 0 Å². The molecule has 148 valence electrons. The number of sulfonamides is 1. The summed E-state index contributed by atoms with van der Waals surface area (Å²) in [6.07, 6.45) is 3.93. The predicted octanol–water partition coefficient (Wildman–Crippen LogP) is 3.15. The summed E-state index contributed by atoms with van der Waals surface area (Å²) < 4.78 is 36.9. The first-order valence-electron chi connectivity index (χ1n) is 9.35. The van der Waals surface area contributed by atoms with Crippen LogP contribution in [0.2, 0.25) is 0 Å². The molecule has 2 N–H and O–H groups in total. The average molecular weight is 385 g/mol. The van der Waals surface area contributed by atoms with Gasteiger partial charge in [-0.3, -0.25) is 0 Å². The van der Waals surface area contributed by atoms with Crippen molar-refractivity contribution in [2.75, 3.05) is 31.6 Å². The molecule has 0 bridgehead atoms. The van der Waals surface area contributed by atoms with Crippen molar-refractivity contribution in [3.8, 4) is 5.75 Å². The van der Waals surface area contributed by atoms with Crippen LogP contribution in [0.3, 0.4) is 0 Å². The third-order valence-electron chi connectivity index (χ3n) is 4.33. The van der Waals surface area contributed by atoms with E-state index in [1.54, 1.807) is 20.8 Å². The van der Waals surface area contributed by atoms with Gasteiger partial charge in [-0.15, -0.1) is 0 Å².